The summed E-state index contributed by atoms with van der Waals surface area (Å²) in [5, 5.41) is 0. The fourth-order valence-electron chi connectivity index (χ4n) is 4.15. The van der Waals surface area contributed by atoms with Crippen LogP contribution in [0.15, 0.2) is 39.6 Å². The quantitative estimate of drug-likeness (QED) is 0.670. The van der Waals surface area contributed by atoms with Crippen LogP contribution in [0.5, 0.6) is 0 Å². The fraction of sp³-hybridized carbons (Fsp3) is 0.500. The molecule has 0 bridgehead atoms. The highest BCUT2D eigenvalue weighted by molar-refractivity contribution is 7.89. The van der Waals surface area contributed by atoms with Gasteiger partial charge in [-0.25, -0.2) is 17.2 Å². The first kappa shape index (κ1) is 22.0. The Morgan fingerprint density at radius 2 is 1.84 bits per heavy atom. The molecule has 2 atom stereocenters. The maximum atomic E-state index is 13.5. The van der Waals surface area contributed by atoms with E-state index >= 15 is 0 Å². The summed E-state index contributed by atoms with van der Waals surface area (Å²) in [6.45, 7) is 2.85. The van der Waals surface area contributed by atoms with Gasteiger partial charge in [0.2, 0.25) is 15.9 Å². The molecular formula is C22H26F2N2O4S. The smallest absolute Gasteiger partial charge is 0.243 e. The van der Waals surface area contributed by atoms with E-state index in [0.29, 0.717) is 37.3 Å². The average molecular weight is 453 g/mol. The van der Waals surface area contributed by atoms with Gasteiger partial charge in [-0.15, -0.1) is 0 Å². The molecule has 9 heteroatoms. The van der Waals surface area contributed by atoms with Crippen LogP contribution < -0.4 is 0 Å². The molecule has 2 heterocycles. The Morgan fingerprint density at radius 1 is 1.16 bits per heavy atom. The van der Waals surface area contributed by atoms with E-state index in [1.54, 1.807) is 11.9 Å². The number of piperidine rings is 1. The molecule has 4 rings (SSSR count). The summed E-state index contributed by atoms with van der Waals surface area (Å²) in [7, 11) is -2.22. The highest BCUT2D eigenvalue weighted by Crippen LogP contribution is 2.47. The van der Waals surface area contributed by atoms with Gasteiger partial charge >= 0.3 is 0 Å². The normalized spacial score (nSPS) is 22.5. The predicted octanol–water partition coefficient (Wildman–Crippen LogP) is 3.74. The number of sulfonamides is 1. The van der Waals surface area contributed by atoms with E-state index in [1.807, 2.05) is 12.1 Å². The Hall–Kier alpha value is -2.26. The first-order chi connectivity index (χ1) is 14.7. The van der Waals surface area contributed by atoms with Crippen LogP contribution in [0.2, 0.25) is 0 Å². The number of furan rings is 1. The minimum absolute atomic E-state index is 0.0531. The molecule has 2 aliphatic rings. The zero-order chi connectivity index (χ0) is 22.3. The Kier molecular flexibility index (Phi) is 5.91. The van der Waals surface area contributed by atoms with Crippen molar-refractivity contribution in [2.24, 2.45) is 11.8 Å². The number of hydrogen-bond donors (Lipinski definition) is 0. The fourth-order valence-corrected chi connectivity index (χ4v) is 5.63. The standard InChI is InChI=1S/C22H26F2N2O4S/c1-14-11-18(14)21-6-3-16(30-21)13-25(2)22(27)15-7-9-26(10-8-15)31(28,29)17-4-5-19(23)20(24)12-17/h3-6,12,14-15,18H,7-11,13H2,1-2H3/t14-,18-/m0/s1. The molecule has 31 heavy (non-hydrogen) atoms. The lowest BCUT2D eigenvalue weighted by molar-refractivity contribution is -0.136. The number of amides is 1. The van der Waals surface area contributed by atoms with E-state index in [0.717, 1.165) is 30.1 Å². The molecular weight excluding hydrogens is 426 g/mol. The second-order valence-electron chi connectivity index (χ2n) is 8.57. The van der Waals surface area contributed by atoms with E-state index in [9.17, 15) is 22.0 Å². The molecule has 0 N–H and O–H groups in total. The molecule has 1 aliphatic heterocycles. The summed E-state index contributed by atoms with van der Waals surface area (Å²) in [5.74, 6) is 0.192. The van der Waals surface area contributed by atoms with Crippen molar-refractivity contribution in [1.29, 1.82) is 0 Å². The van der Waals surface area contributed by atoms with Crippen LogP contribution in [0.3, 0.4) is 0 Å². The molecule has 168 valence electrons. The number of halogens is 2. The van der Waals surface area contributed by atoms with Gasteiger partial charge in [0.15, 0.2) is 11.6 Å². The summed E-state index contributed by atoms with van der Waals surface area (Å²) in [4.78, 5) is 14.2. The first-order valence-corrected chi connectivity index (χ1v) is 11.9. The number of hydrogen-bond acceptors (Lipinski definition) is 4. The molecule has 2 fully saturated rings. The van der Waals surface area contributed by atoms with Gasteiger partial charge in [0.25, 0.3) is 0 Å². The van der Waals surface area contributed by atoms with E-state index in [2.05, 4.69) is 6.92 Å². The first-order valence-electron chi connectivity index (χ1n) is 10.5. The van der Waals surface area contributed by atoms with Crippen LogP contribution in [-0.2, 0) is 21.4 Å². The second kappa shape index (κ2) is 8.35. The predicted molar refractivity (Wildman–Crippen MR) is 110 cm³/mol. The lowest BCUT2D eigenvalue weighted by Gasteiger charge is -2.32. The molecule has 0 spiro atoms. The van der Waals surface area contributed by atoms with Crippen molar-refractivity contribution in [3.05, 3.63) is 53.5 Å². The molecule has 1 aliphatic carbocycles. The minimum Gasteiger partial charge on any atom is -0.464 e. The van der Waals surface area contributed by atoms with Gasteiger partial charge in [-0.05, 0) is 55.5 Å². The van der Waals surface area contributed by atoms with E-state index in [-0.39, 0.29) is 29.8 Å². The van der Waals surface area contributed by atoms with Crippen LogP contribution in [0.1, 0.15) is 43.6 Å². The van der Waals surface area contributed by atoms with Gasteiger partial charge in [0.05, 0.1) is 11.4 Å². The third kappa shape index (κ3) is 4.52. The summed E-state index contributed by atoms with van der Waals surface area (Å²) < 4.78 is 59.1. The Balaban J connectivity index is 1.33. The molecule has 0 radical (unpaired) electrons. The monoisotopic (exact) mass is 452 g/mol. The number of carbonyl (C=O) groups excluding carboxylic acids is 1. The summed E-state index contributed by atoms with van der Waals surface area (Å²) in [6, 6.07) is 6.43. The zero-order valence-corrected chi connectivity index (χ0v) is 18.4. The average Bonchev–Trinajstić information content (AvgIpc) is 3.30. The van der Waals surface area contributed by atoms with E-state index in [1.165, 1.54) is 4.31 Å². The third-order valence-electron chi connectivity index (χ3n) is 6.26. The van der Waals surface area contributed by atoms with E-state index in [4.69, 9.17) is 4.42 Å². The van der Waals surface area contributed by atoms with Gasteiger partial charge < -0.3 is 9.32 Å². The van der Waals surface area contributed by atoms with Crippen molar-refractivity contribution in [1.82, 2.24) is 9.21 Å². The molecule has 6 nitrogen and oxygen atoms in total. The molecule has 0 unspecified atom stereocenters. The topological polar surface area (TPSA) is 70.8 Å². The van der Waals surface area contributed by atoms with Crippen molar-refractivity contribution in [2.75, 3.05) is 20.1 Å². The third-order valence-corrected chi connectivity index (χ3v) is 8.15. The number of carbonyl (C=O) groups is 1. The van der Waals surface area contributed by atoms with Crippen LogP contribution in [0, 0.1) is 23.5 Å². The van der Waals surface area contributed by atoms with Crippen molar-refractivity contribution >= 4 is 15.9 Å². The molecule has 1 saturated heterocycles. The van der Waals surface area contributed by atoms with E-state index < -0.39 is 21.7 Å². The molecule has 1 amide bonds. The Labute approximate surface area is 180 Å². The van der Waals surface area contributed by atoms with Crippen molar-refractivity contribution in [3.63, 3.8) is 0 Å². The number of nitrogens with zero attached hydrogens (tertiary/aromatic N) is 2. The van der Waals surface area contributed by atoms with Crippen molar-refractivity contribution < 1.29 is 26.4 Å². The molecule has 1 saturated carbocycles. The molecule has 1 aromatic heterocycles. The Bertz CT molecular complexity index is 1080. The summed E-state index contributed by atoms with van der Waals surface area (Å²) in [6.07, 6.45) is 1.87. The summed E-state index contributed by atoms with van der Waals surface area (Å²) in [5.41, 5.74) is 0. The maximum absolute atomic E-state index is 13.5. The summed E-state index contributed by atoms with van der Waals surface area (Å²) >= 11 is 0. The van der Waals surface area contributed by atoms with Gasteiger partial charge in [-0.1, -0.05) is 6.92 Å². The minimum atomic E-state index is -3.94. The molecule has 2 aromatic rings. The second-order valence-corrected chi connectivity index (χ2v) is 10.5. The largest absolute Gasteiger partial charge is 0.464 e. The van der Waals surface area contributed by atoms with Crippen molar-refractivity contribution in [3.8, 4) is 0 Å². The maximum Gasteiger partial charge on any atom is 0.243 e. The number of benzene rings is 1. The van der Waals surface area contributed by atoms with Crippen LogP contribution >= 0.6 is 0 Å². The van der Waals surface area contributed by atoms with Crippen molar-refractivity contribution in [2.45, 2.75) is 43.5 Å². The SMILES string of the molecule is C[C@H]1C[C@@H]1c1ccc(CN(C)C(=O)C2CCN(S(=O)(=O)c3ccc(F)c(F)c3)CC2)o1. The van der Waals surface area contributed by atoms with Gasteiger partial charge in [0.1, 0.15) is 11.5 Å². The van der Waals surface area contributed by atoms with Crippen LogP contribution in [-0.4, -0.2) is 43.7 Å². The zero-order valence-electron chi connectivity index (χ0n) is 17.6. The lowest BCUT2D eigenvalue weighted by atomic mass is 9.96. The lowest BCUT2D eigenvalue weighted by Crippen LogP contribution is -2.43. The highest BCUT2D eigenvalue weighted by Gasteiger charge is 2.37. The Morgan fingerprint density at radius 3 is 2.45 bits per heavy atom. The molecule has 1 aromatic carbocycles. The highest BCUT2D eigenvalue weighted by atomic mass is 32.2. The van der Waals surface area contributed by atoms with Gasteiger partial charge in [0, 0.05) is 32.0 Å². The van der Waals surface area contributed by atoms with Crippen LogP contribution in [0.4, 0.5) is 8.78 Å². The number of rotatable bonds is 6. The van der Waals surface area contributed by atoms with Gasteiger partial charge in [-0.3, -0.25) is 4.79 Å². The van der Waals surface area contributed by atoms with Gasteiger partial charge in [-0.2, -0.15) is 4.31 Å². The van der Waals surface area contributed by atoms with Crippen LogP contribution in [0.25, 0.3) is 0 Å².